The topological polar surface area (TPSA) is 24.9 Å². The number of nitrogens with one attached hydrogen (secondary N) is 1. The first kappa shape index (κ1) is 16.2. The first-order valence-corrected chi connectivity index (χ1v) is 7.92. The van der Waals surface area contributed by atoms with E-state index in [0.29, 0.717) is 6.04 Å². The average Bonchev–Trinajstić information content (AvgIpc) is 2.42. The smallest absolute Gasteiger partial charge is 0.0335 e. The highest BCUT2D eigenvalue weighted by molar-refractivity contribution is 5.20. The third-order valence-electron chi connectivity index (χ3n) is 3.54. The Morgan fingerprint density at radius 2 is 1.84 bits per heavy atom. The van der Waals surface area contributed by atoms with Gasteiger partial charge in [0, 0.05) is 18.4 Å². The molecule has 0 bridgehead atoms. The summed E-state index contributed by atoms with van der Waals surface area (Å²) in [5.74, 6) is 0. The molecule has 108 valence electrons. The molecule has 1 rings (SSSR count). The van der Waals surface area contributed by atoms with Crippen molar-refractivity contribution in [1.29, 1.82) is 0 Å². The zero-order chi connectivity index (χ0) is 13.9. The maximum atomic E-state index is 4.33. The fourth-order valence-corrected chi connectivity index (χ4v) is 2.43. The highest BCUT2D eigenvalue weighted by Crippen LogP contribution is 2.20. The predicted octanol–water partition coefficient (Wildman–Crippen LogP) is 4.79. The highest BCUT2D eigenvalue weighted by Gasteiger charge is 2.10. The Kier molecular flexibility index (Phi) is 8.48. The van der Waals surface area contributed by atoms with E-state index in [2.05, 4.69) is 37.1 Å². The van der Waals surface area contributed by atoms with Crippen LogP contribution in [0.15, 0.2) is 18.5 Å². The van der Waals surface area contributed by atoms with Crippen molar-refractivity contribution in [2.75, 3.05) is 6.54 Å². The number of aryl methyl sites for hydroxylation is 1. The highest BCUT2D eigenvalue weighted by atomic mass is 14.9. The minimum Gasteiger partial charge on any atom is -0.310 e. The van der Waals surface area contributed by atoms with Crippen LogP contribution >= 0.6 is 0 Å². The summed E-state index contributed by atoms with van der Waals surface area (Å²) in [7, 11) is 0. The number of pyridine rings is 1. The Balaban J connectivity index is 2.47. The van der Waals surface area contributed by atoms with E-state index in [1.165, 1.54) is 56.1 Å². The van der Waals surface area contributed by atoms with Gasteiger partial charge in [-0.15, -0.1) is 0 Å². The van der Waals surface area contributed by atoms with Gasteiger partial charge in [0.05, 0.1) is 0 Å². The number of unbranched alkanes of at least 4 members (excludes halogenated alkanes) is 4. The van der Waals surface area contributed by atoms with E-state index in [4.69, 9.17) is 0 Å². The first-order valence-electron chi connectivity index (χ1n) is 7.92. The Morgan fingerprint density at radius 1 is 1.05 bits per heavy atom. The van der Waals surface area contributed by atoms with E-state index >= 15 is 0 Å². The van der Waals surface area contributed by atoms with Crippen LogP contribution in [0.25, 0.3) is 0 Å². The molecular formula is C17H30N2. The minimum absolute atomic E-state index is 0.481. The number of rotatable bonds is 10. The molecule has 0 saturated heterocycles. The molecule has 0 radical (unpaired) electrons. The molecule has 0 saturated carbocycles. The molecule has 0 aromatic carbocycles. The van der Waals surface area contributed by atoms with Crippen molar-refractivity contribution in [3.63, 3.8) is 0 Å². The van der Waals surface area contributed by atoms with E-state index in [-0.39, 0.29) is 0 Å². The molecule has 2 nitrogen and oxygen atoms in total. The summed E-state index contributed by atoms with van der Waals surface area (Å²) in [5, 5.41) is 3.66. The Hall–Kier alpha value is -0.890. The van der Waals surface area contributed by atoms with Crippen molar-refractivity contribution in [1.82, 2.24) is 10.3 Å². The first-order chi connectivity index (χ1) is 9.27. The maximum absolute atomic E-state index is 4.33. The summed E-state index contributed by atoms with van der Waals surface area (Å²) in [4.78, 5) is 4.33. The third kappa shape index (κ3) is 6.72. The number of nitrogens with zero attached hydrogens (tertiary/aromatic N) is 1. The summed E-state index contributed by atoms with van der Waals surface area (Å²) in [6.45, 7) is 7.70. The zero-order valence-electron chi connectivity index (χ0n) is 12.9. The van der Waals surface area contributed by atoms with E-state index in [9.17, 15) is 0 Å². The number of hydrogen-bond acceptors (Lipinski definition) is 2. The van der Waals surface area contributed by atoms with Crippen molar-refractivity contribution in [2.24, 2.45) is 0 Å². The number of aromatic nitrogens is 1. The Morgan fingerprint density at radius 3 is 2.53 bits per heavy atom. The molecule has 0 aliphatic rings. The third-order valence-corrected chi connectivity index (χ3v) is 3.54. The quantitative estimate of drug-likeness (QED) is 0.613. The largest absolute Gasteiger partial charge is 0.310 e. The Labute approximate surface area is 119 Å². The lowest BCUT2D eigenvalue weighted by Crippen LogP contribution is -2.22. The molecule has 1 N–H and O–H groups in total. The van der Waals surface area contributed by atoms with Gasteiger partial charge in [0.15, 0.2) is 0 Å². The lowest BCUT2D eigenvalue weighted by molar-refractivity contribution is 0.467. The van der Waals surface area contributed by atoms with Gasteiger partial charge in [0.2, 0.25) is 0 Å². The van der Waals surface area contributed by atoms with Gasteiger partial charge in [0.25, 0.3) is 0 Å². The molecule has 0 fully saturated rings. The van der Waals surface area contributed by atoms with Crippen molar-refractivity contribution < 1.29 is 0 Å². The molecule has 1 unspecified atom stereocenters. The van der Waals surface area contributed by atoms with E-state index in [0.717, 1.165) is 6.54 Å². The van der Waals surface area contributed by atoms with Gasteiger partial charge in [-0.3, -0.25) is 4.98 Å². The van der Waals surface area contributed by atoms with Crippen LogP contribution in [0.3, 0.4) is 0 Å². The van der Waals surface area contributed by atoms with Gasteiger partial charge in [0.1, 0.15) is 0 Å². The number of hydrogen-bond donors (Lipinski definition) is 1. The molecule has 0 aliphatic heterocycles. The second-order valence-corrected chi connectivity index (χ2v) is 5.51. The van der Waals surface area contributed by atoms with Gasteiger partial charge < -0.3 is 5.32 Å². The molecule has 1 aromatic rings. The summed E-state index contributed by atoms with van der Waals surface area (Å²) in [6, 6.07) is 2.75. The van der Waals surface area contributed by atoms with E-state index in [1.54, 1.807) is 0 Å². The average molecular weight is 262 g/mol. The van der Waals surface area contributed by atoms with E-state index in [1.807, 2.05) is 12.4 Å². The lowest BCUT2D eigenvalue weighted by Gasteiger charge is -2.19. The van der Waals surface area contributed by atoms with Crippen LogP contribution in [0.4, 0.5) is 0 Å². The SMILES string of the molecule is CCCCCCCC(NCCC)c1cncc(C)c1. The van der Waals surface area contributed by atoms with Crippen molar-refractivity contribution in [2.45, 2.75) is 71.8 Å². The van der Waals surface area contributed by atoms with Gasteiger partial charge in [-0.2, -0.15) is 0 Å². The monoisotopic (exact) mass is 262 g/mol. The zero-order valence-corrected chi connectivity index (χ0v) is 12.9. The van der Waals surface area contributed by atoms with Crippen LogP contribution in [0.1, 0.15) is 76.0 Å². The minimum atomic E-state index is 0.481. The van der Waals surface area contributed by atoms with Crippen LogP contribution in [-0.4, -0.2) is 11.5 Å². The predicted molar refractivity (Wildman–Crippen MR) is 83.4 cm³/mol. The molecular weight excluding hydrogens is 232 g/mol. The molecule has 0 spiro atoms. The second kappa shape index (κ2) is 9.96. The molecule has 1 heterocycles. The van der Waals surface area contributed by atoms with Crippen LogP contribution in [0, 0.1) is 6.92 Å². The van der Waals surface area contributed by atoms with Crippen LogP contribution in [0.5, 0.6) is 0 Å². The van der Waals surface area contributed by atoms with Crippen molar-refractivity contribution >= 4 is 0 Å². The van der Waals surface area contributed by atoms with Crippen molar-refractivity contribution in [3.05, 3.63) is 29.6 Å². The second-order valence-electron chi connectivity index (χ2n) is 5.51. The molecule has 1 aromatic heterocycles. The van der Waals surface area contributed by atoms with Gasteiger partial charge in [-0.05, 0) is 37.4 Å². The van der Waals surface area contributed by atoms with E-state index < -0.39 is 0 Å². The normalized spacial score (nSPS) is 12.6. The molecule has 2 heteroatoms. The van der Waals surface area contributed by atoms with Crippen LogP contribution < -0.4 is 5.32 Å². The van der Waals surface area contributed by atoms with Crippen molar-refractivity contribution in [3.8, 4) is 0 Å². The molecule has 1 atom stereocenters. The summed E-state index contributed by atoms with van der Waals surface area (Å²) in [5.41, 5.74) is 2.61. The fraction of sp³-hybridized carbons (Fsp3) is 0.706. The summed E-state index contributed by atoms with van der Waals surface area (Å²) >= 11 is 0. The molecule has 19 heavy (non-hydrogen) atoms. The van der Waals surface area contributed by atoms with Gasteiger partial charge >= 0.3 is 0 Å². The maximum Gasteiger partial charge on any atom is 0.0335 e. The van der Waals surface area contributed by atoms with Crippen LogP contribution in [0.2, 0.25) is 0 Å². The molecule has 0 aliphatic carbocycles. The standard InChI is InChI=1S/C17H30N2/c1-4-6-7-8-9-10-17(19-11-5-2)16-12-15(3)13-18-14-16/h12-14,17,19H,4-11H2,1-3H3. The van der Waals surface area contributed by atoms with Gasteiger partial charge in [-0.25, -0.2) is 0 Å². The molecule has 0 amide bonds. The van der Waals surface area contributed by atoms with Crippen LogP contribution in [-0.2, 0) is 0 Å². The lowest BCUT2D eigenvalue weighted by atomic mass is 10.00. The Bertz CT molecular complexity index is 336. The fourth-order valence-electron chi connectivity index (χ4n) is 2.43. The van der Waals surface area contributed by atoms with Gasteiger partial charge in [-0.1, -0.05) is 52.0 Å². The summed E-state index contributed by atoms with van der Waals surface area (Å²) < 4.78 is 0. The summed E-state index contributed by atoms with van der Waals surface area (Å²) in [6.07, 6.45) is 13.1.